The van der Waals surface area contributed by atoms with Crippen LogP contribution in [0.2, 0.25) is 0 Å². The number of epoxide rings is 1. The fourth-order valence-electron chi connectivity index (χ4n) is 0.753. The van der Waals surface area contributed by atoms with E-state index >= 15 is 0 Å². The number of ether oxygens (including phenoxy) is 1. The summed E-state index contributed by atoms with van der Waals surface area (Å²) in [5.41, 5.74) is 0.284. The Morgan fingerprint density at radius 1 is 1.50 bits per heavy atom. The molecule has 1 heterocycles. The number of nitrogens with zero attached hydrogens (tertiary/aromatic N) is 1. The second-order valence-electron chi connectivity index (χ2n) is 4.01. The second-order valence-corrected chi connectivity index (χ2v) is 4.01. The van der Waals surface area contributed by atoms with E-state index in [4.69, 9.17) is 4.74 Å². The first-order chi connectivity index (χ1) is 4.50. The predicted molar refractivity (Wildman–Crippen MR) is 42.1 cm³/mol. The minimum atomic E-state index is 0.284. The van der Waals surface area contributed by atoms with Crippen molar-refractivity contribution in [2.45, 2.75) is 32.4 Å². The van der Waals surface area contributed by atoms with Crippen molar-refractivity contribution >= 4 is 0 Å². The third kappa shape index (κ3) is 2.27. The zero-order chi connectivity index (χ0) is 7.78. The van der Waals surface area contributed by atoms with Crippen LogP contribution in [0.25, 0.3) is 0 Å². The van der Waals surface area contributed by atoms with Gasteiger partial charge in [-0.25, -0.2) is 0 Å². The third-order valence-corrected chi connectivity index (χ3v) is 2.03. The van der Waals surface area contributed by atoms with Crippen molar-refractivity contribution in [2.24, 2.45) is 0 Å². The Kier molecular flexibility index (Phi) is 2.02. The van der Waals surface area contributed by atoms with Crippen molar-refractivity contribution in [3.05, 3.63) is 0 Å². The van der Waals surface area contributed by atoms with Crippen LogP contribution >= 0.6 is 0 Å². The lowest BCUT2D eigenvalue weighted by Gasteiger charge is -2.31. The van der Waals surface area contributed by atoms with E-state index < -0.39 is 0 Å². The first-order valence-electron chi connectivity index (χ1n) is 3.83. The van der Waals surface area contributed by atoms with Crippen molar-refractivity contribution < 1.29 is 4.74 Å². The molecule has 0 aromatic carbocycles. The Morgan fingerprint density at radius 3 is 2.30 bits per heavy atom. The van der Waals surface area contributed by atoms with Gasteiger partial charge in [0.15, 0.2) is 0 Å². The van der Waals surface area contributed by atoms with Gasteiger partial charge < -0.3 is 4.74 Å². The standard InChI is InChI=1S/C8H17NO/c1-8(2,3)9(4)5-7-6-10-7/h7H,5-6H2,1-4H3. The number of rotatable bonds is 2. The van der Waals surface area contributed by atoms with Crippen LogP contribution < -0.4 is 0 Å². The first kappa shape index (κ1) is 8.02. The van der Waals surface area contributed by atoms with Crippen LogP contribution in [0.1, 0.15) is 20.8 Å². The van der Waals surface area contributed by atoms with Gasteiger partial charge in [0.05, 0.1) is 12.7 Å². The molecule has 0 bridgehead atoms. The highest BCUT2D eigenvalue weighted by atomic mass is 16.6. The van der Waals surface area contributed by atoms with E-state index in [9.17, 15) is 0 Å². The van der Waals surface area contributed by atoms with Gasteiger partial charge in [0.25, 0.3) is 0 Å². The maximum absolute atomic E-state index is 5.13. The van der Waals surface area contributed by atoms with E-state index in [1.54, 1.807) is 0 Å². The molecule has 60 valence electrons. The van der Waals surface area contributed by atoms with Gasteiger partial charge >= 0.3 is 0 Å². The first-order valence-corrected chi connectivity index (χ1v) is 3.83. The minimum Gasteiger partial charge on any atom is -0.372 e. The van der Waals surface area contributed by atoms with Crippen LogP contribution in [0.15, 0.2) is 0 Å². The average molecular weight is 143 g/mol. The van der Waals surface area contributed by atoms with Crippen LogP contribution in [0, 0.1) is 0 Å². The molecule has 1 rings (SSSR count). The Balaban J connectivity index is 2.25. The van der Waals surface area contributed by atoms with Crippen molar-refractivity contribution in [1.82, 2.24) is 4.90 Å². The topological polar surface area (TPSA) is 15.8 Å². The van der Waals surface area contributed by atoms with E-state index in [-0.39, 0.29) is 5.54 Å². The van der Waals surface area contributed by atoms with Crippen LogP contribution in [-0.4, -0.2) is 36.7 Å². The maximum atomic E-state index is 5.13. The summed E-state index contributed by atoms with van der Waals surface area (Å²) in [6, 6.07) is 0. The SMILES string of the molecule is CN(CC1CO1)C(C)(C)C. The van der Waals surface area contributed by atoms with Crippen LogP contribution in [0.3, 0.4) is 0 Å². The molecule has 2 nitrogen and oxygen atoms in total. The molecule has 0 saturated carbocycles. The zero-order valence-electron chi connectivity index (χ0n) is 7.35. The average Bonchev–Trinajstić information content (AvgIpc) is 2.47. The maximum Gasteiger partial charge on any atom is 0.0936 e. The predicted octanol–water partition coefficient (Wildman–Crippen LogP) is 1.12. The summed E-state index contributed by atoms with van der Waals surface area (Å²) in [6.45, 7) is 8.68. The summed E-state index contributed by atoms with van der Waals surface area (Å²) in [5, 5.41) is 0. The van der Waals surface area contributed by atoms with Gasteiger partial charge in [-0.1, -0.05) is 0 Å². The van der Waals surface area contributed by atoms with Crippen LogP contribution in [0.5, 0.6) is 0 Å². The van der Waals surface area contributed by atoms with Crippen LogP contribution in [-0.2, 0) is 4.74 Å². The Bertz CT molecular complexity index is 113. The summed E-state index contributed by atoms with van der Waals surface area (Å²) in [5.74, 6) is 0. The quantitative estimate of drug-likeness (QED) is 0.538. The molecule has 10 heavy (non-hydrogen) atoms. The number of hydrogen-bond donors (Lipinski definition) is 0. The molecule has 0 spiro atoms. The largest absolute Gasteiger partial charge is 0.372 e. The fraction of sp³-hybridized carbons (Fsp3) is 1.00. The smallest absolute Gasteiger partial charge is 0.0936 e. The Labute approximate surface area is 63.2 Å². The molecule has 1 unspecified atom stereocenters. The number of likely N-dealkylation sites (N-methyl/N-ethyl adjacent to an activating group) is 1. The highest BCUT2D eigenvalue weighted by Crippen LogP contribution is 2.16. The summed E-state index contributed by atoms with van der Waals surface area (Å²) in [7, 11) is 2.14. The van der Waals surface area contributed by atoms with Gasteiger partial charge in [0, 0.05) is 12.1 Å². The van der Waals surface area contributed by atoms with Crippen molar-refractivity contribution in [3.8, 4) is 0 Å². The molecule has 0 amide bonds. The molecule has 0 aliphatic carbocycles. The molecule has 0 aromatic rings. The van der Waals surface area contributed by atoms with E-state index in [1.807, 2.05) is 0 Å². The normalized spacial score (nSPS) is 25.5. The molecule has 0 radical (unpaired) electrons. The molecule has 1 saturated heterocycles. The third-order valence-electron chi connectivity index (χ3n) is 2.03. The van der Waals surface area contributed by atoms with Gasteiger partial charge in [-0.15, -0.1) is 0 Å². The lowest BCUT2D eigenvalue weighted by atomic mass is 10.1. The van der Waals surface area contributed by atoms with Crippen molar-refractivity contribution in [3.63, 3.8) is 0 Å². The van der Waals surface area contributed by atoms with Crippen molar-refractivity contribution in [1.29, 1.82) is 0 Å². The lowest BCUT2D eigenvalue weighted by molar-refractivity contribution is 0.160. The molecule has 0 N–H and O–H groups in total. The highest BCUT2D eigenvalue weighted by Gasteiger charge is 2.28. The molecular formula is C8H17NO. The second kappa shape index (κ2) is 2.51. The molecule has 1 aliphatic heterocycles. The van der Waals surface area contributed by atoms with Gasteiger partial charge in [-0.3, -0.25) is 4.90 Å². The summed E-state index contributed by atoms with van der Waals surface area (Å²) >= 11 is 0. The van der Waals surface area contributed by atoms with Crippen LogP contribution in [0.4, 0.5) is 0 Å². The van der Waals surface area contributed by atoms with Gasteiger partial charge in [0.1, 0.15) is 0 Å². The zero-order valence-corrected chi connectivity index (χ0v) is 7.35. The molecule has 1 fully saturated rings. The molecule has 0 aromatic heterocycles. The molecule has 1 atom stereocenters. The lowest BCUT2D eigenvalue weighted by Crippen LogP contribution is -2.40. The highest BCUT2D eigenvalue weighted by molar-refractivity contribution is 4.79. The fourth-order valence-corrected chi connectivity index (χ4v) is 0.753. The molecule has 1 aliphatic rings. The van der Waals surface area contributed by atoms with E-state index in [1.165, 1.54) is 0 Å². The monoisotopic (exact) mass is 143 g/mol. The van der Waals surface area contributed by atoms with E-state index in [0.717, 1.165) is 13.2 Å². The Hall–Kier alpha value is -0.0800. The number of hydrogen-bond acceptors (Lipinski definition) is 2. The Morgan fingerprint density at radius 2 is 2.00 bits per heavy atom. The summed E-state index contributed by atoms with van der Waals surface area (Å²) in [6.07, 6.45) is 0.518. The van der Waals surface area contributed by atoms with Crippen molar-refractivity contribution in [2.75, 3.05) is 20.2 Å². The summed E-state index contributed by atoms with van der Waals surface area (Å²) in [4.78, 5) is 2.32. The van der Waals surface area contributed by atoms with E-state index in [2.05, 4.69) is 32.7 Å². The summed E-state index contributed by atoms with van der Waals surface area (Å²) < 4.78 is 5.13. The van der Waals surface area contributed by atoms with Gasteiger partial charge in [-0.05, 0) is 27.8 Å². The minimum absolute atomic E-state index is 0.284. The molecule has 2 heteroatoms. The van der Waals surface area contributed by atoms with Gasteiger partial charge in [0.2, 0.25) is 0 Å². The van der Waals surface area contributed by atoms with E-state index in [0.29, 0.717) is 6.10 Å². The van der Waals surface area contributed by atoms with Gasteiger partial charge in [-0.2, -0.15) is 0 Å². The molecular weight excluding hydrogens is 126 g/mol.